The van der Waals surface area contributed by atoms with Gasteiger partial charge in [0.15, 0.2) is 5.78 Å². The third-order valence-electron chi connectivity index (χ3n) is 5.63. The van der Waals surface area contributed by atoms with E-state index in [0.717, 1.165) is 31.2 Å². The summed E-state index contributed by atoms with van der Waals surface area (Å²) in [5, 5.41) is 0. The maximum Gasteiger partial charge on any atom is 0.187 e. The quantitative estimate of drug-likeness (QED) is 0.325. The Kier molecular flexibility index (Phi) is 7.01. The molecule has 0 spiro atoms. The normalized spacial score (nSPS) is 18.5. The van der Waals surface area contributed by atoms with Gasteiger partial charge < -0.3 is 0 Å². The Morgan fingerprint density at radius 3 is 1.68 bits per heavy atom. The summed E-state index contributed by atoms with van der Waals surface area (Å²) in [7, 11) is 0. The lowest BCUT2D eigenvalue weighted by Gasteiger charge is -2.35. The van der Waals surface area contributed by atoms with Gasteiger partial charge in [-0.25, -0.2) is 0 Å². The van der Waals surface area contributed by atoms with E-state index in [1.165, 1.54) is 5.56 Å². The van der Waals surface area contributed by atoms with Gasteiger partial charge in [-0.15, -0.1) is 0 Å². The summed E-state index contributed by atoms with van der Waals surface area (Å²) in [5.74, 6) is 0.114. The van der Waals surface area contributed by atoms with Crippen LogP contribution in [0.4, 0.5) is 0 Å². The number of benzene rings is 3. The number of halogens is 2. The molecule has 156 valence electrons. The van der Waals surface area contributed by atoms with E-state index < -0.39 is 0 Å². The Morgan fingerprint density at radius 2 is 1.19 bits per heavy atom. The number of likely N-dealkylation sites (tertiary alicyclic amines) is 1. The van der Waals surface area contributed by atoms with Crippen LogP contribution in [0.25, 0.3) is 12.2 Å². The maximum atomic E-state index is 13.5. The zero-order valence-corrected chi connectivity index (χ0v) is 20.4. The van der Waals surface area contributed by atoms with Gasteiger partial charge in [0.05, 0.1) is 0 Å². The Balaban J connectivity index is 1.75. The highest BCUT2D eigenvalue weighted by molar-refractivity contribution is 9.10. The Labute approximate surface area is 200 Å². The minimum atomic E-state index is 0.114. The van der Waals surface area contributed by atoms with Gasteiger partial charge in [0, 0.05) is 39.2 Å². The highest BCUT2D eigenvalue weighted by Crippen LogP contribution is 2.31. The third-order valence-corrected chi connectivity index (χ3v) is 7.07. The fraction of sp³-hybridized carbons (Fsp3) is 0.148. The molecule has 0 aromatic heterocycles. The van der Waals surface area contributed by atoms with E-state index >= 15 is 0 Å². The molecule has 2 nitrogen and oxygen atoms in total. The number of carbonyl (C=O) groups excluding carboxylic acids is 1. The Hall–Kier alpha value is -2.27. The van der Waals surface area contributed by atoms with E-state index in [0.29, 0.717) is 13.1 Å². The predicted molar refractivity (Wildman–Crippen MR) is 136 cm³/mol. The molecule has 1 atom stereocenters. The van der Waals surface area contributed by atoms with Gasteiger partial charge >= 0.3 is 0 Å². The number of piperidine rings is 1. The van der Waals surface area contributed by atoms with E-state index in [9.17, 15) is 4.79 Å². The fourth-order valence-corrected chi connectivity index (χ4v) is 4.64. The van der Waals surface area contributed by atoms with Crippen LogP contribution in [-0.4, -0.2) is 23.8 Å². The number of rotatable bonds is 4. The maximum absolute atomic E-state index is 13.5. The zero-order valence-electron chi connectivity index (χ0n) is 17.3. The average Bonchev–Trinajstić information content (AvgIpc) is 2.79. The van der Waals surface area contributed by atoms with Crippen molar-refractivity contribution in [2.24, 2.45) is 0 Å². The van der Waals surface area contributed by atoms with Crippen molar-refractivity contribution < 1.29 is 4.79 Å². The first-order valence-electron chi connectivity index (χ1n) is 10.3. The van der Waals surface area contributed by atoms with Crippen LogP contribution in [0, 0.1) is 0 Å². The van der Waals surface area contributed by atoms with Crippen LogP contribution in [-0.2, 0) is 4.79 Å². The monoisotopic (exact) mass is 535 g/mol. The molecule has 1 fully saturated rings. The van der Waals surface area contributed by atoms with Gasteiger partial charge in [-0.05, 0) is 47.9 Å². The molecule has 0 N–H and O–H groups in total. The molecule has 1 heterocycles. The van der Waals surface area contributed by atoms with Crippen molar-refractivity contribution in [3.8, 4) is 0 Å². The summed E-state index contributed by atoms with van der Waals surface area (Å²) in [4.78, 5) is 15.8. The molecule has 0 aliphatic carbocycles. The lowest BCUT2D eigenvalue weighted by molar-refractivity contribution is -0.113. The minimum Gasteiger partial charge on any atom is -0.289 e. The molecule has 0 radical (unpaired) electrons. The lowest BCUT2D eigenvalue weighted by atomic mass is 9.92. The summed E-state index contributed by atoms with van der Waals surface area (Å²) in [6.45, 7) is 3.43. The molecular formula is C27H23Br2NO. The van der Waals surface area contributed by atoms with Gasteiger partial charge in [0.1, 0.15) is 0 Å². The Morgan fingerprint density at radius 1 is 0.742 bits per heavy atom. The van der Waals surface area contributed by atoms with Crippen LogP contribution in [0.2, 0.25) is 0 Å². The summed E-state index contributed by atoms with van der Waals surface area (Å²) >= 11 is 7.22. The summed E-state index contributed by atoms with van der Waals surface area (Å²) < 4.78 is 1.97. The van der Waals surface area contributed by atoms with Crippen molar-refractivity contribution in [2.75, 3.05) is 13.1 Å². The minimum absolute atomic E-state index is 0.114. The first kappa shape index (κ1) is 21.9. The first-order chi connectivity index (χ1) is 15.0. The molecule has 31 heavy (non-hydrogen) atoms. The molecule has 4 heteroatoms. The van der Waals surface area contributed by atoms with Crippen LogP contribution in [0.3, 0.4) is 0 Å². The molecule has 0 unspecified atom stereocenters. The second kappa shape index (κ2) is 9.90. The highest BCUT2D eigenvalue weighted by atomic mass is 79.9. The van der Waals surface area contributed by atoms with Crippen LogP contribution in [0.15, 0.2) is 99.0 Å². The van der Waals surface area contributed by atoms with Crippen LogP contribution in [0.1, 0.15) is 29.7 Å². The molecule has 0 saturated carbocycles. The number of hydrogen-bond acceptors (Lipinski definition) is 2. The molecule has 4 rings (SSSR count). The molecule has 1 aliphatic rings. The SMILES string of the molecule is C[C@H](c1ccccc1)N1C/C(=C\c2ccccc2Br)C(=O)/C(=C/c2ccccc2Br)C1. The first-order valence-corrected chi connectivity index (χ1v) is 11.9. The van der Waals surface area contributed by atoms with E-state index in [-0.39, 0.29) is 11.8 Å². The van der Waals surface area contributed by atoms with Crippen molar-refractivity contribution in [3.63, 3.8) is 0 Å². The molecule has 0 amide bonds. The number of Topliss-reactive ketones (excluding diaryl/α,β-unsaturated/α-hetero) is 1. The molecule has 3 aromatic rings. The van der Waals surface area contributed by atoms with Gasteiger partial charge in [-0.2, -0.15) is 0 Å². The summed E-state index contributed by atoms with van der Waals surface area (Å²) in [6.07, 6.45) is 4.04. The van der Waals surface area contributed by atoms with E-state index in [1.54, 1.807) is 0 Å². The zero-order chi connectivity index (χ0) is 21.8. The standard InChI is InChI=1S/C27H23Br2NO/c1-19(20-9-3-2-4-10-20)30-17-23(15-21-11-5-7-13-25(21)28)27(31)24(18-30)16-22-12-6-8-14-26(22)29/h2-16,19H,17-18H2,1H3/b23-15+,24-16+/t19-/m1/s1. The smallest absolute Gasteiger partial charge is 0.187 e. The third kappa shape index (κ3) is 5.15. The second-order valence-electron chi connectivity index (χ2n) is 7.70. The largest absolute Gasteiger partial charge is 0.289 e. The Bertz CT molecular complexity index is 1080. The number of ketones is 1. The number of carbonyl (C=O) groups is 1. The van der Waals surface area contributed by atoms with E-state index in [2.05, 4.69) is 67.9 Å². The molecule has 1 aliphatic heterocycles. The van der Waals surface area contributed by atoms with Crippen molar-refractivity contribution >= 4 is 49.8 Å². The molecule has 0 bridgehead atoms. The van der Waals surface area contributed by atoms with E-state index in [1.807, 2.05) is 66.7 Å². The average molecular weight is 537 g/mol. The van der Waals surface area contributed by atoms with Gasteiger partial charge in [0.2, 0.25) is 0 Å². The highest BCUT2D eigenvalue weighted by Gasteiger charge is 2.29. The predicted octanol–water partition coefficient (Wildman–Crippen LogP) is 7.32. The lowest BCUT2D eigenvalue weighted by Crippen LogP contribution is -2.39. The van der Waals surface area contributed by atoms with Crippen molar-refractivity contribution in [1.82, 2.24) is 4.90 Å². The fourth-order valence-electron chi connectivity index (χ4n) is 3.84. The van der Waals surface area contributed by atoms with E-state index in [4.69, 9.17) is 0 Å². The van der Waals surface area contributed by atoms with Crippen LogP contribution in [0.5, 0.6) is 0 Å². The van der Waals surface area contributed by atoms with Gasteiger partial charge in [0.25, 0.3) is 0 Å². The van der Waals surface area contributed by atoms with Crippen molar-refractivity contribution in [2.45, 2.75) is 13.0 Å². The topological polar surface area (TPSA) is 20.3 Å². The van der Waals surface area contributed by atoms with Gasteiger partial charge in [-0.3, -0.25) is 9.69 Å². The second-order valence-corrected chi connectivity index (χ2v) is 9.41. The van der Waals surface area contributed by atoms with Crippen LogP contribution < -0.4 is 0 Å². The van der Waals surface area contributed by atoms with Crippen molar-refractivity contribution in [3.05, 3.63) is 116 Å². The molecule has 1 saturated heterocycles. The molecule has 3 aromatic carbocycles. The number of nitrogens with zero attached hydrogens (tertiary/aromatic N) is 1. The number of hydrogen-bond donors (Lipinski definition) is 0. The molecular weight excluding hydrogens is 514 g/mol. The summed E-state index contributed by atoms with van der Waals surface area (Å²) in [5.41, 5.74) is 4.89. The van der Waals surface area contributed by atoms with Gasteiger partial charge in [-0.1, -0.05) is 98.6 Å². The summed E-state index contributed by atoms with van der Waals surface area (Å²) in [6, 6.07) is 26.7. The van der Waals surface area contributed by atoms with Crippen molar-refractivity contribution in [1.29, 1.82) is 0 Å². The van der Waals surface area contributed by atoms with Crippen LogP contribution >= 0.6 is 31.9 Å².